The zero-order chi connectivity index (χ0) is 12.9. The third-order valence-corrected chi connectivity index (χ3v) is 4.37. The van der Waals surface area contributed by atoms with Gasteiger partial charge in [-0.3, -0.25) is 0 Å². The van der Waals surface area contributed by atoms with Crippen LogP contribution in [0.3, 0.4) is 0 Å². The standard InChI is InChI=1S/C16H22N2/c1-11(2)18-12(3)13-7-5-6-8-14(13)15-9-17(4)10-16(15)18/h5-8,11,15-16H,3,9-10H2,1-2,4H3. The molecule has 1 saturated heterocycles. The summed E-state index contributed by atoms with van der Waals surface area (Å²) in [5.74, 6) is 0.638. The monoisotopic (exact) mass is 242 g/mol. The van der Waals surface area contributed by atoms with Crippen molar-refractivity contribution in [2.24, 2.45) is 0 Å². The summed E-state index contributed by atoms with van der Waals surface area (Å²) in [6.45, 7) is 11.2. The Morgan fingerprint density at radius 3 is 2.67 bits per heavy atom. The van der Waals surface area contributed by atoms with Crippen LogP contribution >= 0.6 is 0 Å². The number of nitrogens with zero attached hydrogens (tertiary/aromatic N) is 2. The number of rotatable bonds is 1. The predicted octanol–water partition coefficient (Wildman–Crippen LogP) is 2.78. The Morgan fingerprint density at radius 2 is 1.94 bits per heavy atom. The number of benzene rings is 1. The largest absolute Gasteiger partial charge is 0.364 e. The maximum atomic E-state index is 4.35. The molecular formula is C16H22N2. The summed E-state index contributed by atoms with van der Waals surface area (Å²) in [6, 6.07) is 9.91. The van der Waals surface area contributed by atoms with Crippen molar-refractivity contribution in [3.63, 3.8) is 0 Å². The third kappa shape index (κ3) is 1.59. The highest BCUT2D eigenvalue weighted by molar-refractivity contribution is 5.69. The van der Waals surface area contributed by atoms with E-state index in [1.165, 1.54) is 16.8 Å². The molecule has 96 valence electrons. The molecule has 0 N–H and O–H groups in total. The summed E-state index contributed by atoms with van der Waals surface area (Å²) in [6.07, 6.45) is 0. The van der Waals surface area contributed by atoms with Gasteiger partial charge in [-0.2, -0.15) is 0 Å². The summed E-state index contributed by atoms with van der Waals surface area (Å²) in [4.78, 5) is 4.97. The molecule has 18 heavy (non-hydrogen) atoms. The Kier molecular flexibility index (Phi) is 2.70. The van der Waals surface area contributed by atoms with Crippen LogP contribution in [0, 0.1) is 0 Å². The molecule has 2 heterocycles. The van der Waals surface area contributed by atoms with E-state index in [9.17, 15) is 0 Å². The molecule has 1 fully saturated rings. The normalized spacial score (nSPS) is 27.6. The zero-order valence-electron chi connectivity index (χ0n) is 11.6. The fourth-order valence-electron chi connectivity index (χ4n) is 3.68. The maximum absolute atomic E-state index is 4.35. The molecule has 0 amide bonds. The van der Waals surface area contributed by atoms with E-state index >= 15 is 0 Å². The van der Waals surface area contributed by atoms with E-state index in [4.69, 9.17) is 0 Å². The van der Waals surface area contributed by atoms with Gasteiger partial charge in [0.05, 0.1) is 6.04 Å². The second kappa shape index (κ2) is 4.13. The van der Waals surface area contributed by atoms with Crippen LogP contribution in [-0.2, 0) is 0 Å². The second-order valence-corrected chi connectivity index (χ2v) is 5.93. The first-order chi connectivity index (χ1) is 8.59. The Hall–Kier alpha value is -1.28. The van der Waals surface area contributed by atoms with E-state index in [0.717, 1.165) is 13.1 Å². The van der Waals surface area contributed by atoms with Gasteiger partial charge in [0.1, 0.15) is 0 Å². The number of hydrogen-bond donors (Lipinski definition) is 0. The molecule has 1 aromatic rings. The van der Waals surface area contributed by atoms with Gasteiger partial charge >= 0.3 is 0 Å². The summed E-state index contributed by atoms with van der Waals surface area (Å²) in [5.41, 5.74) is 4.05. The molecule has 0 radical (unpaired) electrons. The lowest BCUT2D eigenvalue weighted by Gasteiger charge is -2.44. The van der Waals surface area contributed by atoms with Crippen molar-refractivity contribution in [2.75, 3.05) is 20.1 Å². The average Bonchev–Trinajstić information content (AvgIpc) is 2.70. The van der Waals surface area contributed by atoms with Crippen LogP contribution in [0.15, 0.2) is 30.8 Å². The van der Waals surface area contributed by atoms with Crippen LogP contribution in [0.5, 0.6) is 0 Å². The van der Waals surface area contributed by atoms with Gasteiger partial charge in [0.25, 0.3) is 0 Å². The summed E-state index contributed by atoms with van der Waals surface area (Å²) >= 11 is 0. The fourth-order valence-corrected chi connectivity index (χ4v) is 3.68. The second-order valence-electron chi connectivity index (χ2n) is 5.93. The molecule has 2 unspecified atom stereocenters. The number of hydrogen-bond acceptors (Lipinski definition) is 2. The first-order valence-electron chi connectivity index (χ1n) is 6.84. The Labute approximate surface area is 110 Å². The molecule has 1 aromatic carbocycles. The molecule has 3 rings (SSSR count). The van der Waals surface area contributed by atoms with Gasteiger partial charge < -0.3 is 9.80 Å². The van der Waals surface area contributed by atoms with Crippen molar-refractivity contribution in [3.8, 4) is 0 Å². The summed E-state index contributed by atoms with van der Waals surface area (Å²) in [5, 5.41) is 0. The summed E-state index contributed by atoms with van der Waals surface area (Å²) in [7, 11) is 2.22. The quantitative estimate of drug-likeness (QED) is 0.747. The van der Waals surface area contributed by atoms with Crippen LogP contribution in [0.2, 0.25) is 0 Å². The molecule has 0 bridgehead atoms. The smallest absolute Gasteiger partial charge is 0.0500 e. The Balaban J connectivity index is 2.11. The molecule has 0 aromatic heterocycles. The topological polar surface area (TPSA) is 6.48 Å². The SMILES string of the molecule is C=C1c2ccccc2C2CN(C)CC2N1C(C)C. The molecule has 0 spiro atoms. The lowest BCUT2D eigenvalue weighted by Crippen LogP contribution is -2.45. The van der Waals surface area contributed by atoms with Gasteiger partial charge in [0.2, 0.25) is 0 Å². The van der Waals surface area contributed by atoms with Gasteiger partial charge in [-0.1, -0.05) is 30.8 Å². The minimum atomic E-state index is 0.518. The van der Waals surface area contributed by atoms with Crippen LogP contribution in [0.25, 0.3) is 5.70 Å². The van der Waals surface area contributed by atoms with Gasteiger partial charge in [-0.15, -0.1) is 0 Å². The van der Waals surface area contributed by atoms with Crippen molar-refractivity contribution in [2.45, 2.75) is 31.8 Å². The molecule has 2 heteroatoms. The van der Waals surface area contributed by atoms with E-state index < -0.39 is 0 Å². The van der Waals surface area contributed by atoms with Crippen molar-refractivity contribution in [3.05, 3.63) is 42.0 Å². The van der Waals surface area contributed by atoms with Crippen molar-refractivity contribution >= 4 is 5.70 Å². The molecule has 2 atom stereocenters. The minimum absolute atomic E-state index is 0.518. The van der Waals surface area contributed by atoms with Crippen molar-refractivity contribution in [1.82, 2.24) is 9.80 Å². The molecule has 2 nitrogen and oxygen atoms in total. The average molecular weight is 242 g/mol. The van der Waals surface area contributed by atoms with Crippen LogP contribution in [0.4, 0.5) is 0 Å². The van der Waals surface area contributed by atoms with E-state index in [2.05, 4.69) is 61.5 Å². The van der Waals surface area contributed by atoms with E-state index in [1.807, 2.05) is 0 Å². The minimum Gasteiger partial charge on any atom is -0.364 e. The Morgan fingerprint density at radius 1 is 1.22 bits per heavy atom. The fraction of sp³-hybridized carbons (Fsp3) is 0.500. The molecule has 2 aliphatic heterocycles. The zero-order valence-corrected chi connectivity index (χ0v) is 11.6. The molecular weight excluding hydrogens is 220 g/mol. The van der Waals surface area contributed by atoms with E-state index in [-0.39, 0.29) is 0 Å². The van der Waals surface area contributed by atoms with Crippen LogP contribution in [0.1, 0.15) is 30.9 Å². The first-order valence-corrected chi connectivity index (χ1v) is 6.84. The first kappa shape index (κ1) is 11.8. The number of likely N-dealkylation sites (tertiary alicyclic amines) is 1. The van der Waals surface area contributed by atoms with Gasteiger partial charge in [-0.05, 0) is 26.5 Å². The van der Waals surface area contributed by atoms with E-state index in [1.54, 1.807) is 0 Å². The highest BCUT2D eigenvalue weighted by Gasteiger charge is 2.42. The number of fused-ring (bicyclic) bond motifs is 3. The highest BCUT2D eigenvalue weighted by Crippen LogP contribution is 2.43. The number of likely N-dealkylation sites (N-methyl/N-ethyl adjacent to an activating group) is 1. The van der Waals surface area contributed by atoms with Crippen LogP contribution < -0.4 is 0 Å². The maximum Gasteiger partial charge on any atom is 0.0500 e. The predicted molar refractivity (Wildman–Crippen MR) is 76.5 cm³/mol. The lowest BCUT2D eigenvalue weighted by molar-refractivity contribution is 0.225. The van der Waals surface area contributed by atoms with Gasteiger partial charge in [0, 0.05) is 36.3 Å². The van der Waals surface area contributed by atoms with E-state index in [0.29, 0.717) is 18.0 Å². The highest BCUT2D eigenvalue weighted by atomic mass is 15.3. The van der Waals surface area contributed by atoms with Gasteiger partial charge in [-0.25, -0.2) is 0 Å². The van der Waals surface area contributed by atoms with Crippen LogP contribution in [-0.4, -0.2) is 42.0 Å². The Bertz CT molecular complexity index is 478. The molecule has 0 aliphatic carbocycles. The summed E-state index contributed by atoms with van der Waals surface area (Å²) < 4.78 is 0. The lowest BCUT2D eigenvalue weighted by atomic mass is 9.83. The van der Waals surface area contributed by atoms with Crippen molar-refractivity contribution in [1.29, 1.82) is 0 Å². The third-order valence-electron chi connectivity index (χ3n) is 4.37. The van der Waals surface area contributed by atoms with Gasteiger partial charge in [0.15, 0.2) is 0 Å². The molecule has 2 aliphatic rings. The molecule has 0 saturated carbocycles. The van der Waals surface area contributed by atoms with Crippen molar-refractivity contribution < 1.29 is 0 Å².